The van der Waals surface area contributed by atoms with Crippen molar-refractivity contribution >= 4 is 39.6 Å². The standard InChI is InChI=1S/C22H28N2O4S2/c1-4-28-21(25)19-15-7-5-6-8-18(15)30-20(19)24-22(29)23-12-11-14-9-10-16(26-2)17(13-14)27-3/h9-10,13H,4-8,11-12H2,1-3H3,(H2,23,24,29). The first-order valence-electron chi connectivity index (χ1n) is 10.1. The molecule has 1 aromatic heterocycles. The van der Waals surface area contributed by atoms with Gasteiger partial charge >= 0.3 is 5.97 Å². The zero-order valence-electron chi connectivity index (χ0n) is 17.6. The first-order chi connectivity index (χ1) is 14.6. The van der Waals surface area contributed by atoms with E-state index in [1.807, 2.05) is 25.1 Å². The maximum atomic E-state index is 12.6. The van der Waals surface area contributed by atoms with Gasteiger partial charge in [0.05, 0.1) is 26.4 Å². The van der Waals surface area contributed by atoms with E-state index in [4.69, 9.17) is 26.4 Å². The molecule has 0 amide bonds. The average molecular weight is 449 g/mol. The molecule has 0 unspecified atom stereocenters. The quantitative estimate of drug-likeness (QED) is 0.460. The minimum Gasteiger partial charge on any atom is -0.493 e. The van der Waals surface area contributed by atoms with E-state index in [9.17, 15) is 4.79 Å². The van der Waals surface area contributed by atoms with E-state index in [0.29, 0.717) is 35.3 Å². The Hall–Kier alpha value is -2.32. The minimum atomic E-state index is -0.271. The Kier molecular flexibility index (Phi) is 7.93. The molecule has 8 heteroatoms. The van der Waals surface area contributed by atoms with Crippen molar-refractivity contribution in [1.82, 2.24) is 5.32 Å². The molecule has 2 N–H and O–H groups in total. The number of fused-ring (bicyclic) bond motifs is 1. The Morgan fingerprint density at radius 1 is 1.17 bits per heavy atom. The molecule has 0 saturated heterocycles. The van der Waals surface area contributed by atoms with Gasteiger partial charge in [0, 0.05) is 11.4 Å². The summed E-state index contributed by atoms with van der Waals surface area (Å²) in [6, 6.07) is 5.86. The number of ether oxygens (including phenoxy) is 3. The summed E-state index contributed by atoms with van der Waals surface area (Å²) in [7, 11) is 3.25. The van der Waals surface area contributed by atoms with E-state index in [-0.39, 0.29) is 5.97 Å². The molecule has 0 bridgehead atoms. The summed E-state index contributed by atoms with van der Waals surface area (Å²) < 4.78 is 15.9. The van der Waals surface area contributed by atoms with Gasteiger partial charge in [0.1, 0.15) is 5.00 Å². The van der Waals surface area contributed by atoms with Crippen LogP contribution in [0.1, 0.15) is 46.1 Å². The molecule has 6 nitrogen and oxygen atoms in total. The molecule has 1 aliphatic rings. The Balaban J connectivity index is 1.62. The molecule has 0 atom stereocenters. The summed E-state index contributed by atoms with van der Waals surface area (Å²) in [5.74, 6) is 1.14. The number of hydrogen-bond donors (Lipinski definition) is 2. The molecule has 0 radical (unpaired) electrons. The molecule has 1 aromatic carbocycles. The summed E-state index contributed by atoms with van der Waals surface area (Å²) in [5.41, 5.74) is 2.89. The number of carbonyl (C=O) groups excluding carboxylic acids is 1. The van der Waals surface area contributed by atoms with Crippen LogP contribution in [-0.2, 0) is 24.0 Å². The molecule has 3 rings (SSSR count). The van der Waals surface area contributed by atoms with Gasteiger partial charge in [0.15, 0.2) is 16.6 Å². The number of hydrogen-bond acceptors (Lipinski definition) is 6. The van der Waals surface area contributed by atoms with E-state index in [1.165, 1.54) is 4.88 Å². The van der Waals surface area contributed by atoms with Crippen LogP contribution in [0, 0.1) is 0 Å². The van der Waals surface area contributed by atoms with Gasteiger partial charge in [-0.1, -0.05) is 6.07 Å². The lowest BCUT2D eigenvalue weighted by atomic mass is 9.95. The second-order valence-electron chi connectivity index (χ2n) is 6.96. The number of esters is 1. The fraction of sp³-hybridized carbons (Fsp3) is 0.455. The zero-order valence-corrected chi connectivity index (χ0v) is 19.3. The highest BCUT2D eigenvalue weighted by Gasteiger charge is 2.26. The molecule has 2 aromatic rings. The Morgan fingerprint density at radius 2 is 1.93 bits per heavy atom. The van der Waals surface area contributed by atoms with Gasteiger partial charge in [-0.2, -0.15) is 0 Å². The van der Waals surface area contributed by atoms with Crippen LogP contribution in [0.4, 0.5) is 5.00 Å². The second-order valence-corrected chi connectivity index (χ2v) is 8.47. The van der Waals surface area contributed by atoms with Crippen LogP contribution >= 0.6 is 23.6 Å². The predicted molar refractivity (Wildman–Crippen MR) is 124 cm³/mol. The fourth-order valence-corrected chi connectivity index (χ4v) is 5.13. The smallest absolute Gasteiger partial charge is 0.341 e. The predicted octanol–water partition coefficient (Wildman–Crippen LogP) is 4.35. The minimum absolute atomic E-state index is 0.271. The van der Waals surface area contributed by atoms with Crippen molar-refractivity contribution in [1.29, 1.82) is 0 Å². The molecule has 0 fully saturated rings. The van der Waals surface area contributed by atoms with E-state index in [2.05, 4.69) is 10.6 Å². The number of anilines is 1. The molecule has 0 spiro atoms. The van der Waals surface area contributed by atoms with Crippen molar-refractivity contribution in [3.8, 4) is 11.5 Å². The largest absolute Gasteiger partial charge is 0.493 e. The summed E-state index contributed by atoms with van der Waals surface area (Å²) in [6.45, 7) is 2.84. The third-order valence-electron chi connectivity index (χ3n) is 5.03. The Labute approximate surface area is 186 Å². The van der Waals surface area contributed by atoms with Crippen LogP contribution in [0.5, 0.6) is 11.5 Å². The van der Waals surface area contributed by atoms with Gasteiger partial charge in [0.2, 0.25) is 0 Å². The van der Waals surface area contributed by atoms with Crippen molar-refractivity contribution < 1.29 is 19.0 Å². The summed E-state index contributed by atoms with van der Waals surface area (Å²) >= 11 is 7.09. The monoisotopic (exact) mass is 448 g/mol. The number of methoxy groups -OCH3 is 2. The van der Waals surface area contributed by atoms with E-state index >= 15 is 0 Å². The number of carbonyl (C=O) groups is 1. The second kappa shape index (κ2) is 10.6. The van der Waals surface area contributed by atoms with Crippen molar-refractivity contribution in [2.45, 2.75) is 39.0 Å². The number of rotatable bonds is 8. The Bertz CT molecular complexity index is 911. The number of nitrogens with one attached hydrogen (secondary N) is 2. The Morgan fingerprint density at radius 3 is 2.67 bits per heavy atom. The van der Waals surface area contributed by atoms with Crippen LogP contribution < -0.4 is 20.1 Å². The van der Waals surface area contributed by atoms with Crippen molar-refractivity contribution in [2.24, 2.45) is 0 Å². The lowest BCUT2D eigenvalue weighted by Gasteiger charge is -2.13. The number of thiophene rings is 1. The van der Waals surface area contributed by atoms with Gasteiger partial charge in [-0.05, 0) is 74.5 Å². The molecule has 0 saturated carbocycles. The molecule has 30 heavy (non-hydrogen) atoms. The zero-order chi connectivity index (χ0) is 21.5. The molecule has 162 valence electrons. The highest BCUT2D eigenvalue weighted by atomic mass is 32.1. The average Bonchev–Trinajstić information content (AvgIpc) is 3.11. The first-order valence-corrected chi connectivity index (χ1v) is 11.4. The highest BCUT2D eigenvalue weighted by molar-refractivity contribution is 7.80. The molecule has 1 aliphatic carbocycles. The van der Waals surface area contributed by atoms with Crippen LogP contribution in [0.25, 0.3) is 0 Å². The van der Waals surface area contributed by atoms with Crippen LogP contribution in [0.3, 0.4) is 0 Å². The SMILES string of the molecule is CCOC(=O)c1c(NC(=S)NCCc2ccc(OC)c(OC)c2)sc2c1CCCC2. The number of thiocarbonyl (C=S) groups is 1. The number of aryl methyl sites for hydroxylation is 1. The topological polar surface area (TPSA) is 68.8 Å². The highest BCUT2D eigenvalue weighted by Crippen LogP contribution is 2.38. The first kappa shape index (κ1) is 22.4. The molecular weight excluding hydrogens is 420 g/mol. The molecular formula is C22H28N2O4S2. The van der Waals surface area contributed by atoms with Crippen molar-refractivity contribution in [2.75, 3.05) is 32.7 Å². The molecule has 1 heterocycles. The van der Waals surface area contributed by atoms with Crippen LogP contribution in [0.15, 0.2) is 18.2 Å². The normalized spacial score (nSPS) is 12.6. The number of benzene rings is 1. The van der Waals surface area contributed by atoms with Gasteiger partial charge in [0.25, 0.3) is 0 Å². The van der Waals surface area contributed by atoms with E-state index < -0.39 is 0 Å². The fourth-order valence-electron chi connectivity index (χ4n) is 3.58. The van der Waals surface area contributed by atoms with Crippen LogP contribution in [-0.4, -0.2) is 38.5 Å². The molecule has 0 aliphatic heterocycles. The third-order valence-corrected chi connectivity index (χ3v) is 6.48. The maximum Gasteiger partial charge on any atom is 0.341 e. The van der Waals surface area contributed by atoms with E-state index in [0.717, 1.165) is 48.2 Å². The van der Waals surface area contributed by atoms with E-state index in [1.54, 1.807) is 25.6 Å². The maximum absolute atomic E-state index is 12.6. The van der Waals surface area contributed by atoms with Gasteiger partial charge < -0.3 is 24.8 Å². The lowest BCUT2D eigenvalue weighted by molar-refractivity contribution is 0.0526. The summed E-state index contributed by atoms with van der Waals surface area (Å²) in [6.07, 6.45) is 4.95. The van der Waals surface area contributed by atoms with Crippen LogP contribution in [0.2, 0.25) is 0 Å². The van der Waals surface area contributed by atoms with Gasteiger partial charge in [-0.15, -0.1) is 11.3 Å². The lowest BCUT2D eigenvalue weighted by Crippen LogP contribution is -2.30. The van der Waals surface area contributed by atoms with Gasteiger partial charge in [-0.3, -0.25) is 0 Å². The van der Waals surface area contributed by atoms with Crippen molar-refractivity contribution in [3.05, 3.63) is 39.8 Å². The summed E-state index contributed by atoms with van der Waals surface area (Å²) in [4.78, 5) is 13.8. The summed E-state index contributed by atoms with van der Waals surface area (Å²) in [5, 5.41) is 7.74. The van der Waals surface area contributed by atoms with Gasteiger partial charge in [-0.25, -0.2) is 4.79 Å². The third kappa shape index (κ3) is 5.23. The van der Waals surface area contributed by atoms with Crippen molar-refractivity contribution in [3.63, 3.8) is 0 Å².